The van der Waals surface area contributed by atoms with E-state index in [9.17, 15) is 14.4 Å². The molecule has 0 fully saturated rings. The van der Waals surface area contributed by atoms with E-state index in [4.69, 9.17) is 14.2 Å². The number of carbonyl (C=O) groups excluding carboxylic acids is 3. The summed E-state index contributed by atoms with van der Waals surface area (Å²) in [5, 5.41) is 0. The minimum atomic E-state index is -0.789. The molecule has 0 aromatic rings. The van der Waals surface area contributed by atoms with Crippen molar-refractivity contribution in [3.63, 3.8) is 0 Å². The van der Waals surface area contributed by atoms with E-state index in [-0.39, 0.29) is 31.1 Å². The van der Waals surface area contributed by atoms with Crippen LogP contribution in [0.4, 0.5) is 0 Å². The fourth-order valence-corrected chi connectivity index (χ4v) is 6.96. The normalized spacial score (nSPS) is 12.5. The molecule has 6 heteroatoms. The van der Waals surface area contributed by atoms with Crippen LogP contribution >= 0.6 is 0 Å². The quantitative estimate of drug-likeness (QED) is 0.0263. The van der Waals surface area contributed by atoms with Gasteiger partial charge in [-0.3, -0.25) is 14.4 Å². The second-order valence-corrected chi connectivity index (χ2v) is 16.7. The molecule has 0 radical (unpaired) electrons. The molecule has 0 aromatic heterocycles. The number of carbonyl (C=O) groups is 3. The largest absolute Gasteiger partial charge is 0.462 e. The molecule has 0 heterocycles. The van der Waals surface area contributed by atoms with Crippen molar-refractivity contribution in [2.24, 2.45) is 0 Å². The van der Waals surface area contributed by atoms with Gasteiger partial charge in [0.2, 0.25) is 0 Å². The Labute approximate surface area is 370 Å². The van der Waals surface area contributed by atoms with Crippen LogP contribution in [0.25, 0.3) is 0 Å². The topological polar surface area (TPSA) is 78.9 Å². The van der Waals surface area contributed by atoms with E-state index in [0.29, 0.717) is 19.3 Å². The van der Waals surface area contributed by atoms with Gasteiger partial charge in [0.25, 0.3) is 0 Å². The molecular formula is C54H94O6. The molecule has 0 aromatic carbocycles. The molecule has 60 heavy (non-hydrogen) atoms. The molecule has 0 amide bonds. The smallest absolute Gasteiger partial charge is 0.306 e. The average molecular weight is 839 g/mol. The lowest BCUT2D eigenvalue weighted by Gasteiger charge is -2.18. The summed E-state index contributed by atoms with van der Waals surface area (Å²) in [7, 11) is 0. The van der Waals surface area contributed by atoms with Gasteiger partial charge in [-0.2, -0.15) is 0 Å². The number of ether oxygens (including phenoxy) is 3. The third-order valence-electron chi connectivity index (χ3n) is 10.8. The zero-order valence-electron chi connectivity index (χ0n) is 39.5. The van der Waals surface area contributed by atoms with E-state index in [0.717, 1.165) is 89.9 Å². The number of unbranched alkanes of at least 4 members (excludes halogenated alkanes) is 24. The lowest BCUT2D eigenvalue weighted by atomic mass is 10.1. The number of rotatable bonds is 45. The maximum absolute atomic E-state index is 12.8. The third-order valence-corrected chi connectivity index (χ3v) is 10.8. The first kappa shape index (κ1) is 57.1. The van der Waals surface area contributed by atoms with Crippen molar-refractivity contribution in [1.29, 1.82) is 0 Å². The van der Waals surface area contributed by atoms with E-state index < -0.39 is 6.10 Å². The van der Waals surface area contributed by atoms with Gasteiger partial charge in [-0.25, -0.2) is 0 Å². The highest BCUT2D eigenvalue weighted by Gasteiger charge is 2.19. The summed E-state index contributed by atoms with van der Waals surface area (Å²) in [6.45, 7) is 6.47. The van der Waals surface area contributed by atoms with Crippen molar-refractivity contribution < 1.29 is 28.6 Å². The van der Waals surface area contributed by atoms with Crippen LogP contribution in [0.5, 0.6) is 0 Å². The molecule has 0 saturated carbocycles. The number of esters is 3. The fourth-order valence-electron chi connectivity index (χ4n) is 6.96. The highest BCUT2D eigenvalue weighted by molar-refractivity contribution is 5.71. The lowest BCUT2D eigenvalue weighted by Crippen LogP contribution is -2.30. The van der Waals surface area contributed by atoms with Gasteiger partial charge in [0.15, 0.2) is 6.10 Å². The summed E-state index contributed by atoms with van der Waals surface area (Å²) < 4.78 is 16.7. The van der Waals surface area contributed by atoms with Gasteiger partial charge >= 0.3 is 17.9 Å². The van der Waals surface area contributed by atoms with E-state index in [1.54, 1.807) is 0 Å². The Morgan fingerprint density at radius 1 is 0.350 bits per heavy atom. The van der Waals surface area contributed by atoms with Crippen LogP contribution in [-0.2, 0) is 28.6 Å². The lowest BCUT2D eigenvalue weighted by molar-refractivity contribution is -0.167. The molecule has 1 unspecified atom stereocenters. The first-order valence-electron chi connectivity index (χ1n) is 25.3. The Hall–Kier alpha value is -2.89. The van der Waals surface area contributed by atoms with Crippen LogP contribution in [0, 0.1) is 0 Å². The first-order chi connectivity index (χ1) is 29.5. The van der Waals surface area contributed by atoms with Crippen LogP contribution in [0.1, 0.15) is 245 Å². The van der Waals surface area contributed by atoms with Crippen molar-refractivity contribution in [2.75, 3.05) is 13.2 Å². The van der Waals surface area contributed by atoms with E-state index in [1.165, 1.54) is 116 Å². The molecule has 0 N–H and O–H groups in total. The van der Waals surface area contributed by atoms with Crippen LogP contribution < -0.4 is 0 Å². The van der Waals surface area contributed by atoms with Crippen LogP contribution in [0.2, 0.25) is 0 Å². The summed E-state index contributed by atoms with van der Waals surface area (Å²) in [6, 6.07) is 0. The SMILES string of the molecule is CC/C=C\C/C=C\C/C=C\C/C=C\CCCCCC(=O)OC(COC(=O)CCCCCCCCC/C=C\CCCCCCCC)COC(=O)CCCCCCCCCCC. The molecule has 1 atom stereocenters. The predicted octanol–water partition coefficient (Wildman–Crippen LogP) is 16.5. The minimum absolute atomic E-state index is 0.0873. The monoisotopic (exact) mass is 839 g/mol. The van der Waals surface area contributed by atoms with Gasteiger partial charge < -0.3 is 14.2 Å². The second kappa shape index (κ2) is 48.8. The van der Waals surface area contributed by atoms with Crippen molar-refractivity contribution in [3.05, 3.63) is 60.8 Å². The zero-order chi connectivity index (χ0) is 43.7. The van der Waals surface area contributed by atoms with Gasteiger partial charge in [0, 0.05) is 19.3 Å². The Balaban J connectivity index is 4.38. The maximum Gasteiger partial charge on any atom is 0.306 e. The third kappa shape index (κ3) is 46.2. The molecule has 0 bridgehead atoms. The van der Waals surface area contributed by atoms with Crippen molar-refractivity contribution in [1.82, 2.24) is 0 Å². The molecule has 0 aliphatic carbocycles. The molecule has 0 aliphatic heterocycles. The van der Waals surface area contributed by atoms with E-state index >= 15 is 0 Å². The Kier molecular flexibility index (Phi) is 46.4. The summed E-state index contributed by atoms with van der Waals surface area (Å²) in [5.74, 6) is -0.923. The number of allylic oxidation sites excluding steroid dienone is 10. The van der Waals surface area contributed by atoms with Crippen molar-refractivity contribution in [3.8, 4) is 0 Å². The number of hydrogen-bond acceptors (Lipinski definition) is 6. The van der Waals surface area contributed by atoms with Gasteiger partial charge in [0.05, 0.1) is 0 Å². The van der Waals surface area contributed by atoms with Gasteiger partial charge in [-0.05, 0) is 83.5 Å². The summed E-state index contributed by atoms with van der Waals surface area (Å²) in [4.78, 5) is 37.8. The summed E-state index contributed by atoms with van der Waals surface area (Å²) in [6.07, 6.45) is 59.2. The van der Waals surface area contributed by atoms with Crippen LogP contribution in [0.3, 0.4) is 0 Å². The van der Waals surface area contributed by atoms with Crippen LogP contribution in [-0.4, -0.2) is 37.2 Å². The van der Waals surface area contributed by atoms with Gasteiger partial charge in [-0.15, -0.1) is 0 Å². The maximum atomic E-state index is 12.8. The second-order valence-electron chi connectivity index (χ2n) is 16.7. The fraction of sp³-hybridized carbons (Fsp3) is 0.759. The minimum Gasteiger partial charge on any atom is -0.462 e. The highest BCUT2D eigenvalue weighted by atomic mass is 16.6. The van der Waals surface area contributed by atoms with Crippen molar-refractivity contribution >= 4 is 17.9 Å². The molecule has 6 nitrogen and oxygen atoms in total. The summed E-state index contributed by atoms with van der Waals surface area (Å²) in [5.41, 5.74) is 0. The Morgan fingerprint density at radius 2 is 0.650 bits per heavy atom. The van der Waals surface area contributed by atoms with Crippen LogP contribution in [0.15, 0.2) is 60.8 Å². The van der Waals surface area contributed by atoms with E-state index in [1.807, 2.05) is 0 Å². The Bertz CT molecular complexity index is 1100. The molecule has 0 spiro atoms. The molecule has 0 aliphatic rings. The summed E-state index contributed by atoms with van der Waals surface area (Å²) >= 11 is 0. The van der Waals surface area contributed by atoms with Gasteiger partial charge in [0.1, 0.15) is 13.2 Å². The highest BCUT2D eigenvalue weighted by Crippen LogP contribution is 2.14. The predicted molar refractivity (Wildman–Crippen MR) is 256 cm³/mol. The zero-order valence-corrected chi connectivity index (χ0v) is 39.5. The first-order valence-corrected chi connectivity index (χ1v) is 25.3. The standard InChI is InChI=1S/C54H94O6/c1-4-7-10-13-16-19-21-23-25-27-29-30-32-35-38-41-44-47-53(56)59-50-51(49-58-52(55)46-43-40-37-34-18-15-12-9-6-3)60-54(57)48-45-42-39-36-33-31-28-26-24-22-20-17-14-11-8-5-2/h8,11,17,20,23-26,31,33,51H,4-7,9-10,12-16,18-19,21-22,27-30,32,34-50H2,1-3H3/b11-8-,20-17-,25-23-,26-24-,33-31-. The molecule has 346 valence electrons. The Morgan fingerprint density at radius 3 is 1.05 bits per heavy atom. The van der Waals surface area contributed by atoms with E-state index in [2.05, 4.69) is 81.5 Å². The average Bonchev–Trinajstić information content (AvgIpc) is 3.24. The number of hydrogen-bond donors (Lipinski definition) is 0. The molecular weight excluding hydrogens is 745 g/mol. The van der Waals surface area contributed by atoms with Crippen molar-refractivity contribution in [2.45, 2.75) is 252 Å². The molecule has 0 saturated heterocycles. The molecule has 0 rings (SSSR count). The van der Waals surface area contributed by atoms with Gasteiger partial charge in [-0.1, -0.05) is 204 Å².